The van der Waals surface area contributed by atoms with Crippen LogP contribution in [0.2, 0.25) is 0 Å². The van der Waals surface area contributed by atoms with Gasteiger partial charge < -0.3 is 14.8 Å². The van der Waals surface area contributed by atoms with Crippen molar-refractivity contribution >= 4 is 11.8 Å². The molecule has 3 nitrogen and oxygen atoms in total. The monoisotopic (exact) mass is 233 g/mol. The molecule has 1 unspecified atom stereocenters. The van der Waals surface area contributed by atoms with Crippen molar-refractivity contribution < 1.29 is 9.47 Å². The minimum absolute atomic E-state index is 0.475. The van der Waals surface area contributed by atoms with Crippen LogP contribution < -0.4 is 5.32 Å². The maximum atomic E-state index is 5.53. The zero-order valence-corrected chi connectivity index (χ0v) is 10.5. The SMILES string of the molecule is COCCCSCCNCC1CCCO1. The van der Waals surface area contributed by atoms with E-state index in [1.807, 2.05) is 11.8 Å². The highest BCUT2D eigenvalue weighted by molar-refractivity contribution is 7.99. The average Bonchev–Trinajstić information content (AvgIpc) is 2.75. The molecule has 15 heavy (non-hydrogen) atoms. The molecule has 0 aliphatic carbocycles. The molecule has 1 aliphatic rings. The molecule has 1 N–H and O–H groups in total. The Bertz CT molecular complexity index is 141. The van der Waals surface area contributed by atoms with E-state index in [2.05, 4.69) is 5.32 Å². The van der Waals surface area contributed by atoms with E-state index in [1.54, 1.807) is 7.11 Å². The Morgan fingerprint density at radius 3 is 3.13 bits per heavy atom. The number of thioether (sulfide) groups is 1. The van der Waals surface area contributed by atoms with Crippen molar-refractivity contribution in [2.45, 2.75) is 25.4 Å². The lowest BCUT2D eigenvalue weighted by Gasteiger charge is -2.10. The smallest absolute Gasteiger partial charge is 0.0700 e. The largest absolute Gasteiger partial charge is 0.385 e. The Hall–Kier alpha value is 0.230. The Kier molecular flexibility index (Phi) is 8.38. The van der Waals surface area contributed by atoms with Crippen LogP contribution in [0.25, 0.3) is 0 Å². The molecule has 1 heterocycles. The van der Waals surface area contributed by atoms with Crippen LogP contribution in [0.5, 0.6) is 0 Å². The van der Waals surface area contributed by atoms with Crippen molar-refractivity contribution in [3.05, 3.63) is 0 Å². The van der Waals surface area contributed by atoms with E-state index in [-0.39, 0.29) is 0 Å². The van der Waals surface area contributed by atoms with Crippen LogP contribution in [0, 0.1) is 0 Å². The molecule has 0 bridgehead atoms. The maximum absolute atomic E-state index is 5.53. The molecule has 1 fully saturated rings. The lowest BCUT2D eigenvalue weighted by Crippen LogP contribution is -2.28. The first-order valence-corrected chi connectivity index (χ1v) is 6.98. The predicted molar refractivity (Wildman–Crippen MR) is 65.7 cm³/mol. The van der Waals surface area contributed by atoms with Gasteiger partial charge in [0.25, 0.3) is 0 Å². The summed E-state index contributed by atoms with van der Waals surface area (Å²) < 4.78 is 10.5. The third-order valence-electron chi connectivity index (χ3n) is 2.46. The van der Waals surface area contributed by atoms with Gasteiger partial charge >= 0.3 is 0 Å². The van der Waals surface area contributed by atoms with Crippen molar-refractivity contribution in [2.24, 2.45) is 0 Å². The van der Waals surface area contributed by atoms with E-state index in [4.69, 9.17) is 9.47 Å². The molecule has 0 aromatic rings. The van der Waals surface area contributed by atoms with E-state index < -0.39 is 0 Å². The van der Waals surface area contributed by atoms with E-state index in [1.165, 1.54) is 24.3 Å². The molecular formula is C11H23NO2S. The van der Waals surface area contributed by atoms with E-state index >= 15 is 0 Å². The van der Waals surface area contributed by atoms with Crippen LogP contribution in [0.3, 0.4) is 0 Å². The third kappa shape index (κ3) is 7.17. The summed E-state index contributed by atoms with van der Waals surface area (Å²) in [7, 11) is 1.76. The predicted octanol–water partition coefficient (Wildman–Crippen LogP) is 1.52. The summed E-state index contributed by atoms with van der Waals surface area (Å²) in [4.78, 5) is 0. The van der Waals surface area contributed by atoms with Gasteiger partial charge in [0.05, 0.1) is 6.10 Å². The van der Waals surface area contributed by atoms with Gasteiger partial charge in [-0.15, -0.1) is 0 Å². The number of hydrogen-bond acceptors (Lipinski definition) is 4. The lowest BCUT2D eigenvalue weighted by molar-refractivity contribution is 0.110. The van der Waals surface area contributed by atoms with Gasteiger partial charge in [-0.2, -0.15) is 11.8 Å². The second-order valence-corrected chi connectivity index (χ2v) is 5.02. The topological polar surface area (TPSA) is 30.5 Å². The van der Waals surface area contributed by atoms with Gasteiger partial charge in [0, 0.05) is 39.2 Å². The third-order valence-corrected chi connectivity index (χ3v) is 3.53. The molecule has 90 valence electrons. The van der Waals surface area contributed by atoms with Crippen LogP contribution in [0.15, 0.2) is 0 Å². The summed E-state index contributed by atoms with van der Waals surface area (Å²) in [5, 5.41) is 3.44. The van der Waals surface area contributed by atoms with Gasteiger partial charge in [0.15, 0.2) is 0 Å². The van der Waals surface area contributed by atoms with Gasteiger partial charge in [-0.25, -0.2) is 0 Å². The Balaban J connectivity index is 1.73. The molecular weight excluding hydrogens is 210 g/mol. The van der Waals surface area contributed by atoms with Gasteiger partial charge in [0.1, 0.15) is 0 Å². The van der Waals surface area contributed by atoms with E-state index in [0.717, 1.165) is 32.7 Å². The minimum Gasteiger partial charge on any atom is -0.385 e. The van der Waals surface area contributed by atoms with Crippen molar-refractivity contribution in [1.29, 1.82) is 0 Å². The molecule has 0 radical (unpaired) electrons. The van der Waals surface area contributed by atoms with Crippen LogP contribution in [0.1, 0.15) is 19.3 Å². The van der Waals surface area contributed by atoms with Crippen molar-refractivity contribution in [3.8, 4) is 0 Å². The highest BCUT2D eigenvalue weighted by Crippen LogP contribution is 2.10. The standard InChI is InChI=1S/C11H23NO2S/c1-13-6-3-8-15-9-5-12-10-11-4-2-7-14-11/h11-12H,2-10H2,1H3. The summed E-state index contributed by atoms with van der Waals surface area (Å²) in [6.07, 6.45) is 4.10. The van der Waals surface area contributed by atoms with Gasteiger partial charge in [-0.3, -0.25) is 0 Å². The Morgan fingerprint density at radius 2 is 2.40 bits per heavy atom. The number of nitrogens with one attached hydrogen (secondary N) is 1. The molecule has 0 aromatic heterocycles. The van der Waals surface area contributed by atoms with Gasteiger partial charge in [0.2, 0.25) is 0 Å². The molecule has 1 saturated heterocycles. The van der Waals surface area contributed by atoms with Crippen LogP contribution >= 0.6 is 11.8 Å². The first-order chi connectivity index (χ1) is 7.43. The summed E-state index contributed by atoms with van der Waals surface area (Å²) in [6.45, 7) is 3.96. The van der Waals surface area contributed by atoms with Crippen molar-refractivity contribution in [1.82, 2.24) is 5.32 Å². The molecule has 0 aromatic carbocycles. The first kappa shape index (κ1) is 13.3. The Labute approximate surface area is 97.3 Å². The van der Waals surface area contributed by atoms with Crippen LogP contribution in [0.4, 0.5) is 0 Å². The minimum atomic E-state index is 0.475. The zero-order valence-electron chi connectivity index (χ0n) is 9.67. The molecule has 1 rings (SSSR count). The summed E-state index contributed by atoms with van der Waals surface area (Å²) in [5.41, 5.74) is 0. The maximum Gasteiger partial charge on any atom is 0.0700 e. The number of hydrogen-bond donors (Lipinski definition) is 1. The number of rotatable bonds is 9. The fourth-order valence-corrected chi connectivity index (χ4v) is 2.43. The fourth-order valence-electron chi connectivity index (χ4n) is 1.62. The van der Waals surface area contributed by atoms with Crippen LogP contribution in [-0.4, -0.2) is 51.0 Å². The molecule has 1 aliphatic heterocycles. The molecule has 4 heteroatoms. The highest BCUT2D eigenvalue weighted by Gasteiger charge is 2.13. The Morgan fingerprint density at radius 1 is 1.47 bits per heavy atom. The zero-order chi connectivity index (χ0) is 10.8. The quantitative estimate of drug-likeness (QED) is 0.612. The van der Waals surface area contributed by atoms with Gasteiger partial charge in [-0.1, -0.05) is 0 Å². The second kappa shape index (κ2) is 9.46. The van der Waals surface area contributed by atoms with E-state index in [9.17, 15) is 0 Å². The normalized spacial score (nSPS) is 21.0. The number of ether oxygens (including phenoxy) is 2. The summed E-state index contributed by atoms with van der Waals surface area (Å²) in [5.74, 6) is 2.39. The van der Waals surface area contributed by atoms with Gasteiger partial charge in [-0.05, 0) is 25.0 Å². The molecule has 0 amide bonds. The average molecular weight is 233 g/mol. The van der Waals surface area contributed by atoms with Crippen LogP contribution in [-0.2, 0) is 9.47 Å². The first-order valence-electron chi connectivity index (χ1n) is 5.82. The second-order valence-electron chi connectivity index (χ2n) is 3.80. The lowest BCUT2D eigenvalue weighted by atomic mass is 10.2. The van der Waals surface area contributed by atoms with Crippen molar-refractivity contribution in [3.63, 3.8) is 0 Å². The summed E-state index contributed by atoms with van der Waals surface area (Å²) >= 11 is 1.99. The fraction of sp³-hybridized carbons (Fsp3) is 1.00. The van der Waals surface area contributed by atoms with E-state index in [0.29, 0.717) is 6.10 Å². The highest BCUT2D eigenvalue weighted by atomic mass is 32.2. The van der Waals surface area contributed by atoms with Crippen molar-refractivity contribution in [2.75, 3.05) is 44.9 Å². The molecule has 0 saturated carbocycles. The number of methoxy groups -OCH3 is 1. The molecule has 0 spiro atoms. The molecule has 1 atom stereocenters. The summed E-state index contributed by atoms with van der Waals surface area (Å²) in [6, 6.07) is 0.